The Bertz CT molecular complexity index is 848. The zero-order valence-electron chi connectivity index (χ0n) is 16.7. The maximum Gasteiger partial charge on any atom is 0.318 e. The van der Waals surface area contributed by atoms with Gasteiger partial charge in [-0.05, 0) is 44.1 Å². The summed E-state index contributed by atoms with van der Waals surface area (Å²) in [4.78, 5) is 14.7. The van der Waals surface area contributed by atoms with Crippen LogP contribution in [0.2, 0.25) is 0 Å². The Morgan fingerprint density at radius 2 is 1.90 bits per heavy atom. The van der Waals surface area contributed by atoms with Gasteiger partial charge in [-0.2, -0.15) is 0 Å². The summed E-state index contributed by atoms with van der Waals surface area (Å²) in [5.74, 6) is -3.38. The molecule has 1 N–H and O–H groups in total. The van der Waals surface area contributed by atoms with Crippen LogP contribution in [0.5, 0.6) is 0 Å². The highest BCUT2D eigenvalue weighted by Gasteiger charge is 2.43. The van der Waals surface area contributed by atoms with Crippen molar-refractivity contribution in [2.75, 3.05) is 12.8 Å². The Balaban J connectivity index is 1.79. The molecular weight excluding hydrogens is 398 g/mol. The Morgan fingerprint density at radius 1 is 1.24 bits per heavy atom. The molecule has 0 spiro atoms. The van der Waals surface area contributed by atoms with Crippen LogP contribution in [-0.2, 0) is 9.84 Å². The van der Waals surface area contributed by atoms with Crippen molar-refractivity contribution >= 4 is 15.9 Å². The van der Waals surface area contributed by atoms with Gasteiger partial charge >= 0.3 is 6.03 Å². The largest absolute Gasteiger partial charge is 0.331 e. The Hall–Kier alpha value is -1.96. The first-order valence-electron chi connectivity index (χ1n) is 9.93. The molecule has 2 amide bonds. The Kier molecular flexibility index (Phi) is 6.31. The molecule has 29 heavy (non-hydrogen) atoms. The van der Waals surface area contributed by atoms with Gasteiger partial charge < -0.3 is 10.2 Å². The molecule has 1 heterocycles. The molecule has 160 valence electrons. The lowest BCUT2D eigenvalue weighted by Crippen LogP contribution is -2.50. The second kappa shape index (κ2) is 8.42. The maximum atomic E-state index is 14.0. The van der Waals surface area contributed by atoms with Crippen LogP contribution in [0.3, 0.4) is 0 Å². The Labute approximate surface area is 171 Å². The molecular formula is C21H28F2N2O3S. The van der Waals surface area contributed by atoms with E-state index in [4.69, 9.17) is 0 Å². The summed E-state index contributed by atoms with van der Waals surface area (Å²) >= 11 is 0. The van der Waals surface area contributed by atoms with E-state index in [1.54, 1.807) is 4.90 Å². The Morgan fingerprint density at radius 3 is 2.45 bits per heavy atom. The quantitative estimate of drug-likeness (QED) is 0.743. The zero-order chi connectivity index (χ0) is 21.2. The van der Waals surface area contributed by atoms with Crippen molar-refractivity contribution in [1.29, 1.82) is 0 Å². The SMILES string of the molecule is CC(F)(F)[C@@H]1CCN(C(=O)N[C@H](/C=C/S(C)(=O)=O)C2CC2)[C@H](c2ccccc2)C1. The molecule has 2 fully saturated rings. The lowest BCUT2D eigenvalue weighted by molar-refractivity contribution is -0.0686. The van der Waals surface area contributed by atoms with E-state index in [2.05, 4.69) is 5.32 Å². The van der Waals surface area contributed by atoms with Crippen LogP contribution in [0, 0.1) is 11.8 Å². The number of alkyl halides is 2. The topological polar surface area (TPSA) is 66.5 Å². The monoisotopic (exact) mass is 426 g/mol. The van der Waals surface area contributed by atoms with Crippen molar-refractivity contribution in [2.45, 2.75) is 50.6 Å². The van der Waals surface area contributed by atoms with Crippen LogP contribution in [-0.4, -0.2) is 44.1 Å². The van der Waals surface area contributed by atoms with E-state index in [9.17, 15) is 22.0 Å². The molecule has 0 radical (unpaired) electrons. The van der Waals surface area contributed by atoms with Crippen LogP contribution in [0.25, 0.3) is 0 Å². The predicted octanol–water partition coefficient (Wildman–Crippen LogP) is 4.14. The van der Waals surface area contributed by atoms with Gasteiger partial charge in [-0.1, -0.05) is 36.4 Å². The fourth-order valence-electron chi connectivity index (χ4n) is 3.89. The molecule has 1 aromatic rings. The number of likely N-dealkylation sites (tertiary alicyclic amines) is 1. The summed E-state index contributed by atoms with van der Waals surface area (Å²) in [6, 6.07) is 8.06. The van der Waals surface area contributed by atoms with E-state index in [-0.39, 0.29) is 37.4 Å². The molecule has 2 aliphatic rings. The molecule has 5 nitrogen and oxygen atoms in total. The second-order valence-electron chi connectivity index (χ2n) is 8.27. The molecule has 1 aliphatic carbocycles. The van der Waals surface area contributed by atoms with Gasteiger partial charge in [0, 0.05) is 24.1 Å². The number of urea groups is 1. The van der Waals surface area contributed by atoms with Crippen LogP contribution in [0.15, 0.2) is 41.8 Å². The van der Waals surface area contributed by atoms with E-state index < -0.39 is 27.7 Å². The van der Waals surface area contributed by atoms with Crippen molar-refractivity contribution < 1.29 is 22.0 Å². The number of benzene rings is 1. The molecule has 0 aromatic heterocycles. The van der Waals surface area contributed by atoms with E-state index in [0.29, 0.717) is 0 Å². The number of nitrogens with one attached hydrogen (secondary N) is 1. The molecule has 1 aliphatic heterocycles. The van der Waals surface area contributed by atoms with E-state index in [1.807, 2.05) is 30.3 Å². The highest BCUT2D eigenvalue weighted by molar-refractivity contribution is 7.93. The third kappa shape index (κ3) is 6.01. The van der Waals surface area contributed by atoms with Gasteiger partial charge in [0.25, 0.3) is 0 Å². The normalized spacial score (nSPS) is 24.5. The van der Waals surface area contributed by atoms with Crippen LogP contribution < -0.4 is 5.32 Å². The van der Waals surface area contributed by atoms with Crippen molar-refractivity contribution in [1.82, 2.24) is 10.2 Å². The minimum absolute atomic E-state index is 0.189. The first-order chi connectivity index (χ1) is 13.5. The molecule has 3 rings (SSSR count). The number of piperidine rings is 1. The zero-order valence-corrected chi connectivity index (χ0v) is 17.5. The molecule has 1 saturated carbocycles. The minimum Gasteiger partial charge on any atom is -0.331 e. The van der Waals surface area contributed by atoms with Crippen LogP contribution in [0.1, 0.15) is 44.2 Å². The first kappa shape index (κ1) is 21.7. The van der Waals surface area contributed by atoms with Crippen molar-refractivity contribution in [3.05, 3.63) is 47.4 Å². The molecule has 1 aromatic carbocycles. The fraction of sp³-hybridized carbons (Fsp3) is 0.571. The second-order valence-corrected chi connectivity index (χ2v) is 10.2. The number of rotatable bonds is 6. The molecule has 0 bridgehead atoms. The van der Waals surface area contributed by atoms with Crippen molar-refractivity contribution in [3.8, 4) is 0 Å². The number of halogens is 2. The summed E-state index contributed by atoms with van der Waals surface area (Å²) in [5, 5.41) is 4.04. The van der Waals surface area contributed by atoms with Crippen molar-refractivity contribution in [3.63, 3.8) is 0 Å². The minimum atomic E-state index is -3.29. The van der Waals surface area contributed by atoms with Gasteiger partial charge in [0.15, 0.2) is 9.84 Å². The first-order valence-corrected chi connectivity index (χ1v) is 11.9. The van der Waals surface area contributed by atoms with Gasteiger partial charge in [0.2, 0.25) is 5.92 Å². The third-order valence-electron chi connectivity index (χ3n) is 5.72. The summed E-state index contributed by atoms with van der Waals surface area (Å²) in [6.07, 6.45) is 4.89. The van der Waals surface area contributed by atoms with E-state index in [1.165, 1.54) is 6.08 Å². The summed E-state index contributed by atoms with van der Waals surface area (Å²) in [6.45, 7) is 1.17. The average molecular weight is 427 g/mol. The van der Waals surface area contributed by atoms with E-state index >= 15 is 0 Å². The highest BCUT2D eigenvalue weighted by Crippen LogP contribution is 2.41. The molecule has 1 saturated heterocycles. The van der Waals surface area contributed by atoms with Gasteiger partial charge in [-0.25, -0.2) is 22.0 Å². The number of hydrogen-bond donors (Lipinski definition) is 1. The highest BCUT2D eigenvalue weighted by atomic mass is 32.2. The van der Waals surface area contributed by atoms with Crippen molar-refractivity contribution in [2.24, 2.45) is 11.8 Å². The van der Waals surface area contributed by atoms with Gasteiger partial charge in [-0.3, -0.25) is 0 Å². The maximum absolute atomic E-state index is 14.0. The fourth-order valence-corrected chi connectivity index (χ4v) is 4.35. The molecule has 3 atom stereocenters. The van der Waals surface area contributed by atoms with Gasteiger partial charge in [0.05, 0.1) is 12.1 Å². The predicted molar refractivity (Wildman–Crippen MR) is 108 cm³/mol. The number of carbonyl (C=O) groups is 1. The van der Waals surface area contributed by atoms with E-state index in [0.717, 1.165) is 37.0 Å². The third-order valence-corrected chi connectivity index (χ3v) is 6.37. The molecule has 8 heteroatoms. The number of carbonyl (C=O) groups excluding carboxylic acids is 1. The van der Waals surface area contributed by atoms with Crippen LogP contribution >= 0.6 is 0 Å². The number of sulfone groups is 1. The number of amides is 2. The average Bonchev–Trinajstić information content (AvgIpc) is 3.49. The van der Waals surface area contributed by atoms with Crippen LogP contribution in [0.4, 0.5) is 13.6 Å². The number of nitrogens with zero attached hydrogens (tertiary/aromatic N) is 1. The van der Waals surface area contributed by atoms with Gasteiger partial charge in [0.1, 0.15) is 0 Å². The smallest absolute Gasteiger partial charge is 0.318 e. The molecule has 0 unspecified atom stereocenters. The summed E-state index contributed by atoms with van der Waals surface area (Å²) < 4.78 is 50.9. The summed E-state index contributed by atoms with van der Waals surface area (Å²) in [5.41, 5.74) is 0.825. The lowest BCUT2D eigenvalue weighted by Gasteiger charge is -2.41. The summed E-state index contributed by atoms with van der Waals surface area (Å²) in [7, 11) is -3.29. The standard InChI is InChI=1S/C21H28F2N2O3S/c1-21(22,23)17-10-12-25(19(14-17)16-6-4-3-5-7-16)20(26)24-18(15-8-9-15)11-13-29(2,27)28/h3-7,11,13,15,17-19H,8-10,12,14H2,1-2H3,(H,24,26)/b13-11+/t17-,18-,19+/m1/s1. The lowest BCUT2D eigenvalue weighted by atomic mass is 9.84. The van der Waals surface area contributed by atoms with Gasteiger partial charge in [-0.15, -0.1) is 0 Å². The number of hydrogen-bond acceptors (Lipinski definition) is 3.